The fourth-order valence-corrected chi connectivity index (χ4v) is 1.98. The van der Waals surface area contributed by atoms with E-state index in [0.29, 0.717) is 12.6 Å². The fourth-order valence-electron chi connectivity index (χ4n) is 1.98. The van der Waals surface area contributed by atoms with Crippen molar-refractivity contribution < 1.29 is 9.53 Å². The lowest BCUT2D eigenvalue weighted by molar-refractivity contribution is -0.146. The monoisotopic (exact) mass is 242 g/mol. The zero-order valence-electron chi connectivity index (χ0n) is 11.4. The summed E-state index contributed by atoms with van der Waals surface area (Å²) < 4.78 is 5.07. The van der Waals surface area contributed by atoms with E-state index in [1.165, 1.54) is 25.7 Å². The Bertz CT molecular complexity index is 229. The van der Waals surface area contributed by atoms with E-state index in [4.69, 9.17) is 4.74 Å². The smallest absolute Gasteiger partial charge is 0.324 e. The van der Waals surface area contributed by atoms with Crippen LogP contribution in [0.2, 0.25) is 0 Å². The molecule has 1 fully saturated rings. The molecule has 0 aromatic rings. The Labute approximate surface area is 105 Å². The predicted octanol–water partition coefficient (Wildman–Crippen LogP) is 1.40. The molecular formula is C13H26N2O2. The summed E-state index contributed by atoms with van der Waals surface area (Å²) >= 11 is 0. The number of carbonyl (C=O) groups is 1. The van der Waals surface area contributed by atoms with Gasteiger partial charge < -0.3 is 10.1 Å². The zero-order valence-corrected chi connectivity index (χ0v) is 11.4. The van der Waals surface area contributed by atoms with Crippen molar-refractivity contribution >= 4 is 5.97 Å². The van der Waals surface area contributed by atoms with Gasteiger partial charge in [-0.3, -0.25) is 9.69 Å². The third-order valence-corrected chi connectivity index (χ3v) is 3.20. The molecule has 1 rings (SSSR count). The standard InChI is InChI=1S/C13H26N2O2/c1-4-6-9-15(11-7-8-11)10-12(14-3)13(16)17-5-2/h11-12,14H,4-10H2,1-3H3. The maximum atomic E-state index is 11.7. The number of hydrogen-bond donors (Lipinski definition) is 1. The van der Waals surface area contributed by atoms with E-state index < -0.39 is 0 Å². The molecule has 0 saturated heterocycles. The van der Waals surface area contributed by atoms with E-state index in [-0.39, 0.29) is 12.0 Å². The zero-order chi connectivity index (χ0) is 12.7. The minimum atomic E-state index is -0.188. The molecular weight excluding hydrogens is 216 g/mol. The second-order valence-corrected chi connectivity index (χ2v) is 4.67. The van der Waals surface area contributed by atoms with Crippen molar-refractivity contribution in [3.05, 3.63) is 0 Å². The number of hydrogen-bond acceptors (Lipinski definition) is 4. The summed E-state index contributed by atoms with van der Waals surface area (Å²) in [6.45, 7) is 6.38. The fraction of sp³-hybridized carbons (Fsp3) is 0.923. The van der Waals surface area contributed by atoms with Gasteiger partial charge in [0, 0.05) is 12.6 Å². The lowest BCUT2D eigenvalue weighted by Gasteiger charge is -2.26. The Balaban J connectivity index is 2.41. The van der Waals surface area contributed by atoms with Gasteiger partial charge in [0.25, 0.3) is 0 Å². The minimum absolute atomic E-state index is 0.128. The van der Waals surface area contributed by atoms with E-state index in [1.54, 1.807) is 0 Å². The average molecular weight is 242 g/mol. The van der Waals surface area contributed by atoms with Gasteiger partial charge in [-0.1, -0.05) is 13.3 Å². The first-order chi connectivity index (χ1) is 8.22. The Morgan fingerprint density at radius 3 is 2.65 bits per heavy atom. The van der Waals surface area contributed by atoms with E-state index in [9.17, 15) is 4.79 Å². The minimum Gasteiger partial charge on any atom is -0.465 e. The molecule has 0 amide bonds. The molecule has 0 aromatic carbocycles. The van der Waals surface area contributed by atoms with Gasteiger partial charge >= 0.3 is 5.97 Å². The molecule has 17 heavy (non-hydrogen) atoms. The van der Waals surface area contributed by atoms with Crippen LogP contribution in [0.1, 0.15) is 39.5 Å². The van der Waals surface area contributed by atoms with Gasteiger partial charge in [0.05, 0.1) is 6.61 Å². The largest absolute Gasteiger partial charge is 0.465 e. The highest BCUT2D eigenvalue weighted by molar-refractivity contribution is 5.76. The third kappa shape index (κ3) is 5.04. The molecule has 1 atom stereocenters. The molecule has 0 spiro atoms. The molecule has 1 aliphatic carbocycles. The average Bonchev–Trinajstić information content (AvgIpc) is 3.14. The molecule has 0 aromatic heterocycles. The van der Waals surface area contributed by atoms with Crippen LogP contribution >= 0.6 is 0 Å². The summed E-state index contributed by atoms with van der Waals surface area (Å²) in [6.07, 6.45) is 4.97. The van der Waals surface area contributed by atoms with Crippen molar-refractivity contribution in [1.29, 1.82) is 0 Å². The number of unbranched alkanes of at least 4 members (excludes halogenated alkanes) is 1. The molecule has 0 aliphatic heterocycles. The van der Waals surface area contributed by atoms with Crippen molar-refractivity contribution in [3.63, 3.8) is 0 Å². The van der Waals surface area contributed by atoms with Crippen LogP contribution in [0, 0.1) is 0 Å². The van der Waals surface area contributed by atoms with E-state index in [2.05, 4.69) is 17.1 Å². The van der Waals surface area contributed by atoms with Gasteiger partial charge in [-0.15, -0.1) is 0 Å². The van der Waals surface area contributed by atoms with Gasteiger partial charge in [-0.25, -0.2) is 0 Å². The topological polar surface area (TPSA) is 41.6 Å². The summed E-state index contributed by atoms with van der Waals surface area (Å²) in [5.41, 5.74) is 0. The molecule has 4 nitrogen and oxygen atoms in total. The first-order valence-corrected chi connectivity index (χ1v) is 6.80. The Morgan fingerprint density at radius 2 is 2.18 bits per heavy atom. The van der Waals surface area contributed by atoms with Crippen LogP contribution in [0.3, 0.4) is 0 Å². The Morgan fingerprint density at radius 1 is 1.47 bits per heavy atom. The lowest BCUT2D eigenvalue weighted by Crippen LogP contribution is -2.46. The molecule has 100 valence electrons. The van der Waals surface area contributed by atoms with E-state index in [1.807, 2.05) is 14.0 Å². The summed E-state index contributed by atoms with van der Waals surface area (Å²) in [5.74, 6) is -0.128. The molecule has 0 heterocycles. The van der Waals surface area contributed by atoms with Crippen LogP contribution in [-0.4, -0.2) is 49.7 Å². The maximum absolute atomic E-state index is 11.7. The highest BCUT2D eigenvalue weighted by Gasteiger charge is 2.31. The Hall–Kier alpha value is -0.610. The van der Waals surface area contributed by atoms with Crippen molar-refractivity contribution in [2.75, 3.05) is 26.7 Å². The summed E-state index contributed by atoms with van der Waals surface area (Å²) in [4.78, 5) is 14.1. The first-order valence-electron chi connectivity index (χ1n) is 6.80. The van der Waals surface area contributed by atoms with Crippen molar-refractivity contribution in [3.8, 4) is 0 Å². The number of ether oxygens (including phenoxy) is 1. The molecule has 1 saturated carbocycles. The number of nitrogens with one attached hydrogen (secondary N) is 1. The van der Waals surface area contributed by atoms with Crippen LogP contribution in [0.15, 0.2) is 0 Å². The first kappa shape index (κ1) is 14.5. The van der Waals surface area contributed by atoms with E-state index in [0.717, 1.165) is 13.1 Å². The molecule has 0 radical (unpaired) electrons. The van der Waals surface area contributed by atoms with Gasteiger partial charge in [0.1, 0.15) is 6.04 Å². The van der Waals surface area contributed by atoms with Crippen molar-refractivity contribution in [2.45, 2.75) is 51.6 Å². The molecule has 1 N–H and O–H groups in total. The van der Waals surface area contributed by atoms with E-state index >= 15 is 0 Å². The van der Waals surface area contributed by atoms with Crippen molar-refractivity contribution in [1.82, 2.24) is 10.2 Å². The normalized spacial score (nSPS) is 17.2. The Kier molecular flexibility index (Phi) is 6.52. The van der Waals surface area contributed by atoms with Crippen LogP contribution < -0.4 is 5.32 Å². The molecule has 4 heteroatoms. The van der Waals surface area contributed by atoms with Crippen LogP contribution in [-0.2, 0) is 9.53 Å². The lowest BCUT2D eigenvalue weighted by atomic mass is 10.2. The second kappa shape index (κ2) is 7.67. The van der Waals surface area contributed by atoms with Gasteiger partial charge in [-0.2, -0.15) is 0 Å². The molecule has 0 bridgehead atoms. The molecule has 1 aliphatic rings. The van der Waals surface area contributed by atoms with Crippen LogP contribution in [0.25, 0.3) is 0 Å². The van der Waals surface area contributed by atoms with Gasteiger partial charge in [0.2, 0.25) is 0 Å². The quantitative estimate of drug-likeness (QED) is 0.621. The van der Waals surface area contributed by atoms with Gasteiger partial charge in [-0.05, 0) is 39.8 Å². The molecule has 1 unspecified atom stereocenters. The van der Waals surface area contributed by atoms with Crippen LogP contribution in [0.5, 0.6) is 0 Å². The number of esters is 1. The predicted molar refractivity (Wildman–Crippen MR) is 69.0 cm³/mol. The number of rotatable bonds is 9. The number of likely N-dealkylation sites (N-methyl/N-ethyl adjacent to an activating group) is 1. The third-order valence-electron chi connectivity index (χ3n) is 3.20. The van der Waals surface area contributed by atoms with Gasteiger partial charge in [0.15, 0.2) is 0 Å². The highest BCUT2D eigenvalue weighted by Crippen LogP contribution is 2.27. The number of carbonyl (C=O) groups excluding carboxylic acids is 1. The SMILES string of the molecule is CCCCN(CC(NC)C(=O)OCC)C1CC1. The van der Waals surface area contributed by atoms with Crippen molar-refractivity contribution in [2.24, 2.45) is 0 Å². The highest BCUT2D eigenvalue weighted by atomic mass is 16.5. The summed E-state index contributed by atoms with van der Waals surface area (Å²) in [6, 6.07) is 0.513. The second-order valence-electron chi connectivity index (χ2n) is 4.67. The number of nitrogens with zero attached hydrogens (tertiary/aromatic N) is 1. The summed E-state index contributed by atoms with van der Waals surface area (Å²) in [5, 5.41) is 3.06. The van der Waals surface area contributed by atoms with Crippen LogP contribution in [0.4, 0.5) is 0 Å². The summed E-state index contributed by atoms with van der Waals surface area (Å²) in [7, 11) is 1.83. The maximum Gasteiger partial charge on any atom is 0.324 e.